The van der Waals surface area contributed by atoms with Crippen molar-refractivity contribution in [1.29, 1.82) is 0 Å². The first-order valence-electron chi connectivity index (χ1n) is 10.6. The van der Waals surface area contributed by atoms with Gasteiger partial charge in [-0.25, -0.2) is 4.79 Å². The minimum absolute atomic E-state index is 0.0687. The van der Waals surface area contributed by atoms with E-state index in [4.69, 9.17) is 0 Å². The standard InChI is InChI=1S/C22H33N3O2/c1-2-18-9-11-20(12-10-18)23-22(27)25-14-6-13-24(15-16-25)21(26)17-19-7-4-3-5-8-19/h9-12,19H,2-8,13-17H2,1H3,(H,23,27). The molecule has 5 nitrogen and oxygen atoms in total. The molecule has 2 fully saturated rings. The van der Waals surface area contributed by atoms with Crippen LogP contribution in [-0.2, 0) is 11.2 Å². The van der Waals surface area contributed by atoms with Crippen molar-refractivity contribution in [2.24, 2.45) is 5.92 Å². The van der Waals surface area contributed by atoms with Crippen molar-refractivity contribution >= 4 is 17.6 Å². The lowest BCUT2D eigenvalue weighted by molar-refractivity contribution is -0.132. The summed E-state index contributed by atoms with van der Waals surface area (Å²) in [6.07, 6.45) is 8.78. The van der Waals surface area contributed by atoms with Gasteiger partial charge in [0.25, 0.3) is 0 Å². The largest absolute Gasteiger partial charge is 0.341 e. The van der Waals surface area contributed by atoms with Crippen LogP contribution in [0, 0.1) is 5.92 Å². The first-order valence-corrected chi connectivity index (χ1v) is 10.6. The average Bonchev–Trinajstić information content (AvgIpc) is 2.96. The maximum Gasteiger partial charge on any atom is 0.321 e. The number of aryl methyl sites for hydroxylation is 1. The normalized spacial score (nSPS) is 18.9. The number of carbonyl (C=O) groups is 2. The second-order valence-corrected chi connectivity index (χ2v) is 7.91. The summed E-state index contributed by atoms with van der Waals surface area (Å²) in [5.74, 6) is 0.847. The van der Waals surface area contributed by atoms with Gasteiger partial charge in [0.15, 0.2) is 0 Å². The van der Waals surface area contributed by atoms with Crippen molar-refractivity contribution in [2.75, 3.05) is 31.5 Å². The molecule has 0 radical (unpaired) electrons. The Morgan fingerprint density at radius 1 is 0.926 bits per heavy atom. The van der Waals surface area contributed by atoms with E-state index in [1.165, 1.54) is 37.7 Å². The maximum absolute atomic E-state index is 12.7. The molecule has 148 valence electrons. The van der Waals surface area contributed by atoms with Crippen molar-refractivity contribution in [1.82, 2.24) is 9.80 Å². The number of anilines is 1. The van der Waals surface area contributed by atoms with Gasteiger partial charge < -0.3 is 15.1 Å². The van der Waals surface area contributed by atoms with Gasteiger partial charge in [-0.3, -0.25) is 4.79 Å². The zero-order valence-electron chi connectivity index (χ0n) is 16.6. The third-order valence-corrected chi connectivity index (χ3v) is 5.94. The predicted molar refractivity (Wildman–Crippen MR) is 109 cm³/mol. The molecule has 1 saturated heterocycles. The van der Waals surface area contributed by atoms with Crippen LogP contribution in [0.2, 0.25) is 0 Å². The van der Waals surface area contributed by atoms with Crippen molar-refractivity contribution in [2.45, 2.75) is 58.3 Å². The zero-order chi connectivity index (χ0) is 19.1. The second kappa shape index (κ2) is 9.77. The van der Waals surface area contributed by atoms with E-state index in [9.17, 15) is 9.59 Å². The molecule has 0 atom stereocenters. The van der Waals surface area contributed by atoms with Crippen LogP contribution in [0.25, 0.3) is 0 Å². The highest BCUT2D eigenvalue weighted by atomic mass is 16.2. The molecule has 1 aliphatic heterocycles. The van der Waals surface area contributed by atoms with E-state index >= 15 is 0 Å². The number of nitrogens with zero attached hydrogens (tertiary/aromatic N) is 2. The van der Waals surface area contributed by atoms with Crippen LogP contribution in [0.15, 0.2) is 24.3 Å². The number of amides is 3. The summed E-state index contributed by atoms with van der Waals surface area (Å²) in [5, 5.41) is 2.98. The maximum atomic E-state index is 12.7. The van der Waals surface area contributed by atoms with Crippen molar-refractivity contribution < 1.29 is 9.59 Å². The number of nitrogens with one attached hydrogen (secondary N) is 1. The van der Waals surface area contributed by atoms with Crippen LogP contribution in [0.4, 0.5) is 10.5 Å². The molecule has 1 N–H and O–H groups in total. The monoisotopic (exact) mass is 371 g/mol. The smallest absolute Gasteiger partial charge is 0.321 e. The summed E-state index contributed by atoms with van der Waals surface area (Å²) in [5.41, 5.74) is 2.08. The lowest BCUT2D eigenvalue weighted by Gasteiger charge is -2.26. The fraction of sp³-hybridized carbons (Fsp3) is 0.636. The molecule has 1 saturated carbocycles. The number of benzene rings is 1. The first kappa shape index (κ1) is 19.7. The topological polar surface area (TPSA) is 52.7 Å². The summed E-state index contributed by atoms with van der Waals surface area (Å²) in [7, 11) is 0. The summed E-state index contributed by atoms with van der Waals surface area (Å²) in [6, 6.07) is 7.93. The van der Waals surface area contributed by atoms with E-state index < -0.39 is 0 Å². The molecule has 3 amide bonds. The Labute approximate surface area is 163 Å². The van der Waals surface area contributed by atoms with Gasteiger partial charge in [0.2, 0.25) is 5.91 Å². The zero-order valence-corrected chi connectivity index (χ0v) is 16.6. The number of hydrogen-bond acceptors (Lipinski definition) is 2. The fourth-order valence-electron chi connectivity index (χ4n) is 4.16. The molecular weight excluding hydrogens is 338 g/mol. The van der Waals surface area contributed by atoms with E-state index in [2.05, 4.69) is 12.2 Å². The van der Waals surface area contributed by atoms with Gasteiger partial charge >= 0.3 is 6.03 Å². The van der Waals surface area contributed by atoms with Crippen LogP contribution in [0.1, 0.15) is 57.4 Å². The van der Waals surface area contributed by atoms with Gasteiger partial charge in [0, 0.05) is 38.3 Å². The van der Waals surface area contributed by atoms with Crippen molar-refractivity contribution in [3.05, 3.63) is 29.8 Å². The molecule has 0 bridgehead atoms. The van der Waals surface area contributed by atoms with E-state index in [1.807, 2.05) is 34.1 Å². The quantitative estimate of drug-likeness (QED) is 0.858. The lowest BCUT2D eigenvalue weighted by Crippen LogP contribution is -2.39. The Kier molecular flexibility index (Phi) is 7.13. The molecular formula is C22H33N3O2. The van der Waals surface area contributed by atoms with E-state index in [0.29, 0.717) is 32.0 Å². The molecule has 3 rings (SSSR count). The highest BCUT2D eigenvalue weighted by Crippen LogP contribution is 2.27. The summed E-state index contributed by atoms with van der Waals surface area (Å²) >= 11 is 0. The van der Waals surface area contributed by atoms with Gasteiger partial charge in [-0.2, -0.15) is 0 Å². The van der Waals surface area contributed by atoms with Crippen LogP contribution in [0.5, 0.6) is 0 Å². The van der Waals surface area contributed by atoms with Gasteiger partial charge in [-0.1, -0.05) is 38.3 Å². The molecule has 5 heteroatoms. The Hall–Kier alpha value is -2.04. The summed E-state index contributed by atoms with van der Waals surface area (Å²) in [6.45, 7) is 4.84. The molecule has 2 aliphatic rings. The number of urea groups is 1. The van der Waals surface area contributed by atoms with Crippen molar-refractivity contribution in [3.8, 4) is 0 Å². The number of carbonyl (C=O) groups excluding carboxylic acids is 2. The van der Waals surface area contributed by atoms with E-state index in [-0.39, 0.29) is 11.9 Å². The number of hydrogen-bond donors (Lipinski definition) is 1. The highest BCUT2D eigenvalue weighted by molar-refractivity contribution is 5.89. The van der Waals surface area contributed by atoms with Crippen molar-refractivity contribution in [3.63, 3.8) is 0 Å². The SMILES string of the molecule is CCc1ccc(NC(=O)N2CCCN(C(=O)CC3CCCCC3)CC2)cc1. The molecule has 1 aliphatic carbocycles. The molecule has 1 heterocycles. The Morgan fingerprint density at radius 2 is 1.59 bits per heavy atom. The molecule has 1 aromatic rings. The van der Waals surface area contributed by atoms with Crippen LogP contribution in [0.3, 0.4) is 0 Å². The fourth-order valence-corrected chi connectivity index (χ4v) is 4.16. The minimum Gasteiger partial charge on any atom is -0.341 e. The predicted octanol–water partition coefficient (Wildman–Crippen LogP) is 4.29. The molecule has 0 unspecified atom stereocenters. The third kappa shape index (κ3) is 5.72. The Bertz CT molecular complexity index is 623. The van der Waals surface area contributed by atoms with Crippen LogP contribution in [-0.4, -0.2) is 47.9 Å². The molecule has 27 heavy (non-hydrogen) atoms. The lowest BCUT2D eigenvalue weighted by atomic mass is 9.86. The highest BCUT2D eigenvalue weighted by Gasteiger charge is 2.24. The van der Waals surface area contributed by atoms with Gasteiger partial charge in [0.1, 0.15) is 0 Å². The van der Waals surface area contributed by atoms with Gasteiger partial charge in [-0.05, 0) is 49.3 Å². The Morgan fingerprint density at radius 3 is 2.30 bits per heavy atom. The Balaban J connectivity index is 1.47. The molecule has 0 spiro atoms. The minimum atomic E-state index is -0.0687. The van der Waals surface area contributed by atoms with E-state index in [1.54, 1.807) is 0 Å². The van der Waals surface area contributed by atoms with Crippen LogP contribution >= 0.6 is 0 Å². The van der Waals surface area contributed by atoms with Crippen LogP contribution < -0.4 is 5.32 Å². The summed E-state index contributed by atoms with van der Waals surface area (Å²) < 4.78 is 0. The number of rotatable bonds is 4. The van der Waals surface area contributed by atoms with E-state index in [0.717, 1.165) is 25.1 Å². The van der Waals surface area contributed by atoms with Gasteiger partial charge in [-0.15, -0.1) is 0 Å². The third-order valence-electron chi connectivity index (χ3n) is 5.94. The first-order chi connectivity index (χ1) is 13.2. The average molecular weight is 372 g/mol. The second-order valence-electron chi connectivity index (χ2n) is 7.91. The molecule has 1 aromatic carbocycles. The molecule has 0 aromatic heterocycles. The van der Waals surface area contributed by atoms with Gasteiger partial charge in [0.05, 0.1) is 0 Å². The summed E-state index contributed by atoms with van der Waals surface area (Å²) in [4.78, 5) is 29.0.